The number of rotatable bonds is 4. The van der Waals surface area contributed by atoms with Crippen LogP contribution in [0.15, 0.2) is 36.5 Å². The number of aryl methyl sites for hydroxylation is 1. The van der Waals surface area contributed by atoms with E-state index in [1.165, 1.54) is 6.07 Å². The van der Waals surface area contributed by atoms with Gasteiger partial charge in [0.15, 0.2) is 0 Å². The zero-order valence-corrected chi connectivity index (χ0v) is 11.3. The third-order valence-electron chi connectivity index (χ3n) is 3.05. The first-order valence-electron chi connectivity index (χ1n) is 5.93. The molecule has 100 valence electrons. The van der Waals surface area contributed by atoms with E-state index in [1.54, 1.807) is 18.3 Å². The molecule has 3 nitrogen and oxygen atoms in total. The number of nitrogens with two attached hydrogens (primary N) is 1. The van der Waals surface area contributed by atoms with Crippen molar-refractivity contribution < 1.29 is 4.39 Å². The van der Waals surface area contributed by atoms with Crippen molar-refractivity contribution in [3.8, 4) is 0 Å². The number of hydrogen-bond acceptors (Lipinski definition) is 3. The Hall–Kier alpha value is -1.49. The fourth-order valence-corrected chi connectivity index (χ4v) is 2.14. The van der Waals surface area contributed by atoms with E-state index in [2.05, 4.69) is 10.4 Å². The summed E-state index contributed by atoms with van der Waals surface area (Å²) in [7, 11) is 0. The number of hydrogen-bond donors (Lipinski definition) is 2. The van der Waals surface area contributed by atoms with E-state index >= 15 is 0 Å². The lowest BCUT2D eigenvalue weighted by atomic mass is 9.98. The van der Waals surface area contributed by atoms with Crippen molar-refractivity contribution in [2.75, 3.05) is 0 Å². The molecule has 0 aliphatic carbocycles. The van der Waals surface area contributed by atoms with Gasteiger partial charge in [0.1, 0.15) is 5.82 Å². The zero-order valence-electron chi connectivity index (χ0n) is 10.5. The molecule has 0 bridgehead atoms. The van der Waals surface area contributed by atoms with Gasteiger partial charge in [-0.15, -0.1) is 0 Å². The van der Waals surface area contributed by atoms with Gasteiger partial charge < -0.3 is 0 Å². The molecule has 1 aromatic carbocycles. The molecule has 5 heteroatoms. The van der Waals surface area contributed by atoms with Crippen molar-refractivity contribution in [3.05, 3.63) is 64.2 Å². The summed E-state index contributed by atoms with van der Waals surface area (Å²) in [5, 5.41) is 0.124. The van der Waals surface area contributed by atoms with Gasteiger partial charge in [-0.1, -0.05) is 23.7 Å². The van der Waals surface area contributed by atoms with Gasteiger partial charge in [-0.05, 0) is 42.7 Å². The normalized spacial score (nSPS) is 12.4. The second kappa shape index (κ2) is 6.10. The zero-order chi connectivity index (χ0) is 13.8. The van der Waals surface area contributed by atoms with Crippen LogP contribution in [0.1, 0.15) is 22.9 Å². The van der Waals surface area contributed by atoms with Gasteiger partial charge in [-0.3, -0.25) is 16.3 Å². The van der Waals surface area contributed by atoms with Crippen molar-refractivity contribution in [1.82, 2.24) is 10.4 Å². The van der Waals surface area contributed by atoms with Crippen LogP contribution >= 0.6 is 11.6 Å². The summed E-state index contributed by atoms with van der Waals surface area (Å²) in [6, 6.07) is 8.47. The van der Waals surface area contributed by atoms with Crippen LogP contribution in [0, 0.1) is 12.7 Å². The van der Waals surface area contributed by atoms with Crippen LogP contribution in [0.4, 0.5) is 4.39 Å². The third kappa shape index (κ3) is 3.29. The molecule has 2 aromatic rings. The number of pyridine rings is 1. The van der Waals surface area contributed by atoms with Crippen molar-refractivity contribution in [1.29, 1.82) is 0 Å². The Morgan fingerprint density at radius 3 is 2.84 bits per heavy atom. The lowest BCUT2D eigenvalue weighted by Crippen LogP contribution is -2.30. The molecule has 0 fully saturated rings. The minimum absolute atomic E-state index is 0.116. The Morgan fingerprint density at radius 2 is 2.21 bits per heavy atom. The van der Waals surface area contributed by atoms with Gasteiger partial charge in [0.25, 0.3) is 0 Å². The van der Waals surface area contributed by atoms with Crippen molar-refractivity contribution >= 4 is 11.6 Å². The molecule has 1 heterocycles. The highest BCUT2D eigenvalue weighted by Crippen LogP contribution is 2.22. The number of aromatic nitrogens is 1. The van der Waals surface area contributed by atoms with Crippen molar-refractivity contribution in [2.24, 2.45) is 5.84 Å². The van der Waals surface area contributed by atoms with E-state index in [4.69, 9.17) is 17.4 Å². The highest BCUT2D eigenvalue weighted by atomic mass is 35.5. The van der Waals surface area contributed by atoms with E-state index in [1.807, 2.05) is 19.1 Å². The maximum Gasteiger partial charge on any atom is 0.142 e. The van der Waals surface area contributed by atoms with Crippen molar-refractivity contribution in [3.63, 3.8) is 0 Å². The topological polar surface area (TPSA) is 50.9 Å². The molecule has 1 aromatic heterocycles. The number of benzene rings is 1. The molecular weight excluding hydrogens is 265 g/mol. The number of nitrogens with one attached hydrogen (secondary N) is 1. The summed E-state index contributed by atoms with van der Waals surface area (Å²) in [6.07, 6.45) is 2.30. The molecule has 0 saturated heterocycles. The Bertz CT molecular complexity index is 574. The van der Waals surface area contributed by atoms with Gasteiger partial charge in [0.2, 0.25) is 0 Å². The fraction of sp³-hybridized carbons (Fsp3) is 0.214. The minimum atomic E-state index is -0.419. The Kier molecular flexibility index (Phi) is 4.47. The van der Waals surface area contributed by atoms with Crippen LogP contribution in [0.5, 0.6) is 0 Å². The molecule has 1 unspecified atom stereocenters. The average molecular weight is 280 g/mol. The summed E-state index contributed by atoms with van der Waals surface area (Å²) in [5.41, 5.74) is 5.48. The number of halogens is 2. The van der Waals surface area contributed by atoms with Gasteiger partial charge >= 0.3 is 0 Å². The summed E-state index contributed by atoms with van der Waals surface area (Å²) in [4.78, 5) is 4.23. The van der Waals surface area contributed by atoms with E-state index in [0.717, 1.165) is 16.8 Å². The average Bonchev–Trinajstić information content (AvgIpc) is 2.41. The van der Waals surface area contributed by atoms with E-state index in [-0.39, 0.29) is 11.1 Å². The maximum absolute atomic E-state index is 13.4. The molecule has 0 amide bonds. The second-order valence-electron chi connectivity index (χ2n) is 4.35. The van der Waals surface area contributed by atoms with E-state index < -0.39 is 5.82 Å². The van der Waals surface area contributed by atoms with Crippen LogP contribution in [0.2, 0.25) is 5.02 Å². The van der Waals surface area contributed by atoms with Gasteiger partial charge in [-0.25, -0.2) is 4.39 Å². The van der Waals surface area contributed by atoms with Gasteiger partial charge in [0.05, 0.1) is 11.1 Å². The second-order valence-corrected chi connectivity index (χ2v) is 4.76. The highest BCUT2D eigenvalue weighted by molar-refractivity contribution is 6.30. The molecule has 0 saturated carbocycles. The number of nitrogens with zero attached hydrogens (tertiary/aromatic N) is 1. The number of hydrazine groups is 1. The first kappa shape index (κ1) is 13.9. The Morgan fingerprint density at radius 1 is 1.42 bits per heavy atom. The van der Waals surface area contributed by atoms with Crippen LogP contribution in [0.25, 0.3) is 0 Å². The smallest absolute Gasteiger partial charge is 0.142 e. The largest absolute Gasteiger partial charge is 0.271 e. The molecule has 1 atom stereocenters. The summed E-state index contributed by atoms with van der Waals surface area (Å²) in [6.45, 7) is 1.92. The molecule has 0 aliphatic rings. The van der Waals surface area contributed by atoms with Gasteiger partial charge in [-0.2, -0.15) is 0 Å². The highest BCUT2D eigenvalue weighted by Gasteiger charge is 2.14. The molecular formula is C14H15ClFN3. The van der Waals surface area contributed by atoms with Crippen LogP contribution in [-0.2, 0) is 6.42 Å². The Balaban J connectivity index is 2.24. The fourth-order valence-electron chi connectivity index (χ4n) is 2.03. The third-order valence-corrected chi connectivity index (χ3v) is 3.35. The van der Waals surface area contributed by atoms with Crippen LogP contribution in [0.3, 0.4) is 0 Å². The minimum Gasteiger partial charge on any atom is -0.271 e. The SMILES string of the molecule is Cc1ncccc1C(Cc1ccc(Cl)c(F)c1)NN. The summed E-state index contributed by atoms with van der Waals surface area (Å²) >= 11 is 5.67. The quantitative estimate of drug-likeness (QED) is 0.668. The monoisotopic (exact) mass is 279 g/mol. The predicted octanol–water partition coefficient (Wildman–Crippen LogP) is 2.93. The van der Waals surface area contributed by atoms with Crippen molar-refractivity contribution in [2.45, 2.75) is 19.4 Å². The molecule has 2 rings (SSSR count). The molecule has 3 N–H and O–H groups in total. The molecule has 19 heavy (non-hydrogen) atoms. The lowest BCUT2D eigenvalue weighted by molar-refractivity contribution is 0.544. The predicted molar refractivity (Wildman–Crippen MR) is 74.2 cm³/mol. The van der Waals surface area contributed by atoms with Crippen LogP contribution < -0.4 is 11.3 Å². The lowest BCUT2D eigenvalue weighted by Gasteiger charge is -2.18. The molecule has 0 radical (unpaired) electrons. The Labute approximate surface area is 116 Å². The first-order chi connectivity index (χ1) is 9.11. The van der Waals surface area contributed by atoms with Crippen LogP contribution in [-0.4, -0.2) is 4.98 Å². The van der Waals surface area contributed by atoms with E-state index in [9.17, 15) is 4.39 Å². The van der Waals surface area contributed by atoms with Gasteiger partial charge in [0, 0.05) is 11.9 Å². The standard InChI is InChI=1S/C14H15ClFN3/c1-9-11(3-2-6-18-9)14(19-17)8-10-4-5-12(15)13(16)7-10/h2-7,14,19H,8,17H2,1H3. The molecule has 0 aliphatic heterocycles. The first-order valence-corrected chi connectivity index (χ1v) is 6.31. The summed E-state index contributed by atoms with van der Waals surface area (Å²) in [5.74, 6) is 5.17. The molecule has 0 spiro atoms. The van der Waals surface area contributed by atoms with E-state index in [0.29, 0.717) is 6.42 Å². The summed E-state index contributed by atoms with van der Waals surface area (Å²) < 4.78 is 13.4. The maximum atomic E-state index is 13.4.